The Kier molecular flexibility index (Phi) is 5.19. The van der Waals surface area contributed by atoms with E-state index >= 15 is 0 Å². The van der Waals surface area contributed by atoms with Crippen LogP contribution in [0.5, 0.6) is 0 Å². The third-order valence-electron chi connectivity index (χ3n) is 3.19. The third kappa shape index (κ3) is 3.66. The van der Waals surface area contributed by atoms with Crippen molar-refractivity contribution in [3.05, 3.63) is 45.2 Å². The Morgan fingerprint density at radius 3 is 2.82 bits per heavy atom. The molecule has 0 saturated heterocycles. The molecule has 0 amide bonds. The molecule has 0 spiro atoms. The van der Waals surface area contributed by atoms with E-state index < -0.39 is 6.10 Å². The summed E-state index contributed by atoms with van der Waals surface area (Å²) in [5.74, 6) is 0. The average Bonchev–Trinajstić information content (AvgIpc) is 2.48. The molecule has 1 atom stereocenters. The summed E-state index contributed by atoms with van der Waals surface area (Å²) in [5.41, 5.74) is 0.285. The van der Waals surface area contributed by atoms with Gasteiger partial charge in [0.05, 0.1) is 30.9 Å². The maximum atomic E-state index is 12.2. The summed E-state index contributed by atoms with van der Waals surface area (Å²) in [7, 11) is 0. The van der Waals surface area contributed by atoms with Gasteiger partial charge in [0.2, 0.25) is 5.43 Å². The number of hydrogen-bond donors (Lipinski definition) is 1. The van der Waals surface area contributed by atoms with Crippen molar-refractivity contribution >= 4 is 22.5 Å². The lowest BCUT2D eigenvalue weighted by Crippen LogP contribution is -2.25. The summed E-state index contributed by atoms with van der Waals surface area (Å²) < 4.78 is 7.06. The molecule has 0 aliphatic heterocycles. The zero-order chi connectivity index (χ0) is 16.3. The van der Waals surface area contributed by atoms with E-state index in [1.807, 2.05) is 19.9 Å². The lowest BCUT2D eigenvalue weighted by Gasteiger charge is -2.17. The van der Waals surface area contributed by atoms with Crippen LogP contribution in [0.25, 0.3) is 10.9 Å². The molecule has 0 bridgehead atoms. The van der Waals surface area contributed by atoms with Gasteiger partial charge in [0.15, 0.2) is 0 Å². The SMILES string of the molecule is CC(C)OC[C@@H](O)Cn1cc(C#N)c(=O)c2cc(Cl)ccc21. The standard InChI is InChI=1S/C16H17ClN2O3/c1-10(2)22-9-13(20)8-19-7-11(6-18)16(21)14-5-12(17)3-4-15(14)19/h3-5,7,10,13,20H,8-9H2,1-2H3/t13-/m0/s1. The molecule has 5 nitrogen and oxygen atoms in total. The minimum Gasteiger partial charge on any atom is -0.389 e. The first kappa shape index (κ1) is 16.5. The highest BCUT2D eigenvalue weighted by molar-refractivity contribution is 6.31. The number of nitriles is 1. The van der Waals surface area contributed by atoms with Gasteiger partial charge < -0.3 is 14.4 Å². The molecule has 1 aromatic heterocycles. The highest BCUT2D eigenvalue weighted by atomic mass is 35.5. The van der Waals surface area contributed by atoms with Crippen LogP contribution >= 0.6 is 11.6 Å². The van der Waals surface area contributed by atoms with Crippen LogP contribution in [0.1, 0.15) is 19.4 Å². The highest BCUT2D eigenvalue weighted by Gasteiger charge is 2.13. The summed E-state index contributed by atoms with van der Waals surface area (Å²) in [6.07, 6.45) is 0.737. The zero-order valence-electron chi connectivity index (χ0n) is 12.4. The first-order chi connectivity index (χ1) is 10.4. The normalized spacial score (nSPS) is 12.5. The molecule has 116 valence electrons. The van der Waals surface area contributed by atoms with Gasteiger partial charge in [-0.15, -0.1) is 0 Å². The fourth-order valence-corrected chi connectivity index (χ4v) is 2.36. The first-order valence-electron chi connectivity index (χ1n) is 6.95. The van der Waals surface area contributed by atoms with Crippen molar-refractivity contribution in [1.29, 1.82) is 5.26 Å². The van der Waals surface area contributed by atoms with E-state index in [4.69, 9.17) is 21.6 Å². The van der Waals surface area contributed by atoms with Gasteiger partial charge in [0.25, 0.3) is 0 Å². The van der Waals surface area contributed by atoms with Crippen molar-refractivity contribution in [1.82, 2.24) is 4.57 Å². The van der Waals surface area contributed by atoms with Crippen LogP contribution in [-0.2, 0) is 11.3 Å². The summed E-state index contributed by atoms with van der Waals surface area (Å²) in [6.45, 7) is 4.18. The number of nitrogens with zero attached hydrogens (tertiary/aromatic N) is 2. The Balaban J connectivity index is 2.43. The van der Waals surface area contributed by atoms with Crippen molar-refractivity contribution in [3.63, 3.8) is 0 Å². The number of aromatic nitrogens is 1. The maximum absolute atomic E-state index is 12.2. The number of ether oxygens (including phenoxy) is 1. The Hall–Kier alpha value is -1.87. The second-order valence-electron chi connectivity index (χ2n) is 5.33. The molecule has 1 heterocycles. The van der Waals surface area contributed by atoms with Gasteiger partial charge >= 0.3 is 0 Å². The van der Waals surface area contributed by atoms with Gasteiger partial charge in [0, 0.05) is 16.6 Å². The van der Waals surface area contributed by atoms with Crippen LogP contribution in [0, 0.1) is 11.3 Å². The van der Waals surface area contributed by atoms with Gasteiger partial charge in [0.1, 0.15) is 11.6 Å². The molecule has 22 heavy (non-hydrogen) atoms. The van der Waals surface area contributed by atoms with E-state index in [-0.39, 0.29) is 30.2 Å². The number of halogens is 1. The van der Waals surface area contributed by atoms with Crippen molar-refractivity contribution < 1.29 is 9.84 Å². The van der Waals surface area contributed by atoms with Gasteiger partial charge in [-0.2, -0.15) is 5.26 Å². The van der Waals surface area contributed by atoms with E-state index in [9.17, 15) is 9.90 Å². The monoisotopic (exact) mass is 320 g/mol. The quantitative estimate of drug-likeness (QED) is 0.917. The second kappa shape index (κ2) is 6.93. The largest absolute Gasteiger partial charge is 0.389 e. The summed E-state index contributed by atoms with van der Waals surface area (Å²) in [4.78, 5) is 12.2. The first-order valence-corrected chi connectivity index (χ1v) is 7.32. The number of aliphatic hydroxyl groups excluding tert-OH is 1. The average molecular weight is 321 g/mol. The Morgan fingerprint density at radius 2 is 2.18 bits per heavy atom. The Labute approximate surface area is 133 Å². The molecule has 0 saturated carbocycles. The zero-order valence-corrected chi connectivity index (χ0v) is 13.2. The van der Waals surface area contributed by atoms with Gasteiger partial charge in [-0.1, -0.05) is 11.6 Å². The predicted molar refractivity (Wildman–Crippen MR) is 85.0 cm³/mol. The second-order valence-corrected chi connectivity index (χ2v) is 5.77. The summed E-state index contributed by atoms with van der Waals surface area (Å²) in [6, 6.07) is 6.79. The van der Waals surface area contributed by atoms with E-state index in [1.54, 1.807) is 16.7 Å². The number of pyridine rings is 1. The molecule has 0 aliphatic rings. The molecular weight excluding hydrogens is 304 g/mol. The molecule has 0 radical (unpaired) electrons. The molecule has 0 fully saturated rings. The van der Waals surface area contributed by atoms with Crippen molar-refractivity contribution in [2.45, 2.75) is 32.6 Å². The summed E-state index contributed by atoms with van der Waals surface area (Å²) >= 11 is 5.93. The number of benzene rings is 1. The molecule has 1 aromatic carbocycles. The molecule has 0 unspecified atom stereocenters. The minimum absolute atomic E-state index is 0.0201. The predicted octanol–water partition coefficient (Wildman–Crippen LogP) is 2.31. The van der Waals surface area contributed by atoms with Crippen LogP contribution < -0.4 is 5.43 Å². The Morgan fingerprint density at radius 1 is 1.45 bits per heavy atom. The fourth-order valence-electron chi connectivity index (χ4n) is 2.18. The lowest BCUT2D eigenvalue weighted by molar-refractivity contribution is -0.000300. The number of hydrogen-bond acceptors (Lipinski definition) is 4. The summed E-state index contributed by atoms with van der Waals surface area (Å²) in [5, 5.41) is 20.0. The van der Waals surface area contributed by atoms with Crippen LogP contribution in [-0.4, -0.2) is 28.5 Å². The van der Waals surface area contributed by atoms with Crippen molar-refractivity contribution in [2.75, 3.05) is 6.61 Å². The molecule has 0 aliphatic carbocycles. The van der Waals surface area contributed by atoms with Crippen LogP contribution in [0.2, 0.25) is 5.02 Å². The smallest absolute Gasteiger partial charge is 0.207 e. The van der Waals surface area contributed by atoms with Crippen molar-refractivity contribution in [2.24, 2.45) is 0 Å². The third-order valence-corrected chi connectivity index (χ3v) is 3.43. The fraction of sp³-hybridized carbons (Fsp3) is 0.375. The van der Waals surface area contributed by atoms with Gasteiger partial charge in [-0.25, -0.2) is 0 Å². The van der Waals surface area contributed by atoms with E-state index in [0.29, 0.717) is 15.9 Å². The molecule has 6 heteroatoms. The lowest BCUT2D eigenvalue weighted by atomic mass is 10.1. The van der Waals surface area contributed by atoms with E-state index in [0.717, 1.165) is 0 Å². The molecule has 1 N–H and O–H groups in total. The van der Waals surface area contributed by atoms with Crippen LogP contribution in [0.3, 0.4) is 0 Å². The van der Waals surface area contributed by atoms with E-state index in [1.165, 1.54) is 12.3 Å². The van der Waals surface area contributed by atoms with Crippen LogP contribution in [0.15, 0.2) is 29.2 Å². The number of fused-ring (bicyclic) bond motifs is 1. The van der Waals surface area contributed by atoms with Gasteiger partial charge in [-0.3, -0.25) is 4.79 Å². The number of rotatable bonds is 5. The molecule has 2 aromatic rings. The van der Waals surface area contributed by atoms with E-state index in [2.05, 4.69) is 0 Å². The van der Waals surface area contributed by atoms with Crippen LogP contribution in [0.4, 0.5) is 0 Å². The maximum Gasteiger partial charge on any atom is 0.207 e. The highest BCUT2D eigenvalue weighted by Crippen LogP contribution is 2.18. The molecular formula is C16H17ClN2O3. The van der Waals surface area contributed by atoms with Gasteiger partial charge in [-0.05, 0) is 32.0 Å². The Bertz CT molecular complexity index is 777. The minimum atomic E-state index is -0.740. The molecule has 2 rings (SSSR count). The number of aliphatic hydroxyl groups is 1. The van der Waals surface area contributed by atoms with Crippen molar-refractivity contribution in [3.8, 4) is 6.07 Å². The topological polar surface area (TPSA) is 75.2 Å².